The second-order valence-electron chi connectivity index (χ2n) is 2.92. The SMILES string of the molecule is CCCC1COC1.CCCO. The molecule has 1 aliphatic rings. The number of aliphatic hydroxyl groups is 1. The van der Waals surface area contributed by atoms with E-state index in [-0.39, 0.29) is 0 Å². The summed E-state index contributed by atoms with van der Waals surface area (Å²) in [6, 6.07) is 0. The highest BCUT2D eigenvalue weighted by atomic mass is 16.5. The molecule has 0 atom stereocenters. The third-order valence-electron chi connectivity index (χ3n) is 1.63. The van der Waals surface area contributed by atoms with Crippen LogP contribution in [0.4, 0.5) is 0 Å². The predicted molar refractivity (Wildman–Crippen MR) is 46.6 cm³/mol. The molecule has 2 nitrogen and oxygen atoms in total. The fourth-order valence-electron chi connectivity index (χ4n) is 0.859. The van der Waals surface area contributed by atoms with Gasteiger partial charge in [-0.3, -0.25) is 0 Å². The van der Waals surface area contributed by atoms with Crippen molar-refractivity contribution in [2.45, 2.75) is 33.1 Å². The molecular weight excluding hydrogens is 140 g/mol. The average Bonchev–Trinajstić information content (AvgIpc) is 1.97. The lowest BCUT2D eigenvalue weighted by Gasteiger charge is -2.24. The predicted octanol–water partition coefficient (Wildman–Crippen LogP) is 1.82. The third kappa shape index (κ3) is 6.32. The smallest absolute Gasteiger partial charge is 0.0516 e. The second-order valence-corrected chi connectivity index (χ2v) is 2.92. The van der Waals surface area contributed by atoms with Crippen molar-refractivity contribution in [3.63, 3.8) is 0 Å². The first-order chi connectivity index (χ1) is 5.35. The highest BCUT2D eigenvalue weighted by Gasteiger charge is 2.15. The van der Waals surface area contributed by atoms with Crippen LogP contribution in [0, 0.1) is 5.92 Å². The summed E-state index contributed by atoms with van der Waals surface area (Å²) in [5.74, 6) is 0.907. The molecule has 0 aromatic heterocycles. The molecule has 0 aromatic rings. The maximum absolute atomic E-state index is 7.88. The molecule has 1 heterocycles. The van der Waals surface area contributed by atoms with E-state index in [1.165, 1.54) is 12.8 Å². The fourth-order valence-corrected chi connectivity index (χ4v) is 0.859. The van der Waals surface area contributed by atoms with E-state index in [4.69, 9.17) is 9.84 Å². The van der Waals surface area contributed by atoms with Crippen molar-refractivity contribution >= 4 is 0 Å². The monoisotopic (exact) mass is 160 g/mol. The van der Waals surface area contributed by atoms with E-state index in [1.807, 2.05) is 6.92 Å². The molecule has 68 valence electrons. The third-order valence-corrected chi connectivity index (χ3v) is 1.63. The van der Waals surface area contributed by atoms with Crippen LogP contribution in [0.5, 0.6) is 0 Å². The average molecular weight is 160 g/mol. The van der Waals surface area contributed by atoms with Crippen LogP contribution in [-0.4, -0.2) is 24.9 Å². The van der Waals surface area contributed by atoms with Crippen LogP contribution in [0.15, 0.2) is 0 Å². The largest absolute Gasteiger partial charge is 0.396 e. The van der Waals surface area contributed by atoms with Gasteiger partial charge >= 0.3 is 0 Å². The van der Waals surface area contributed by atoms with E-state index < -0.39 is 0 Å². The van der Waals surface area contributed by atoms with Crippen molar-refractivity contribution in [1.29, 1.82) is 0 Å². The molecular formula is C9H20O2. The van der Waals surface area contributed by atoms with Crippen LogP contribution >= 0.6 is 0 Å². The van der Waals surface area contributed by atoms with Crippen LogP contribution in [0.25, 0.3) is 0 Å². The topological polar surface area (TPSA) is 29.5 Å². The Morgan fingerprint density at radius 1 is 1.27 bits per heavy atom. The molecule has 1 saturated heterocycles. The first kappa shape index (κ1) is 10.9. The van der Waals surface area contributed by atoms with Gasteiger partial charge in [0.2, 0.25) is 0 Å². The molecule has 0 unspecified atom stereocenters. The highest BCUT2D eigenvalue weighted by molar-refractivity contribution is 4.63. The normalized spacial score (nSPS) is 16.6. The standard InChI is InChI=1S/C6H12O.C3H8O/c1-2-3-6-4-7-5-6;1-2-3-4/h6H,2-5H2,1H3;4H,2-3H2,1H3. The van der Waals surface area contributed by atoms with E-state index in [9.17, 15) is 0 Å². The minimum Gasteiger partial charge on any atom is -0.396 e. The van der Waals surface area contributed by atoms with Crippen molar-refractivity contribution in [3.8, 4) is 0 Å². The minimum absolute atomic E-state index is 0.319. The molecule has 1 rings (SSSR count). The summed E-state index contributed by atoms with van der Waals surface area (Å²) in [6.45, 7) is 6.51. The van der Waals surface area contributed by atoms with Crippen LogP contribution in [0.3, 0.4) is 0 Å². The summed E-state index contributed by atoms with van der Waals surface area (Å²) in [6.07, 6.45) is 3.55. The summed E-state index contributed by atoms with van der Waals surface area (Å²) >= 11 is 0. The van der Waals surface area contributed by atoms with Crippen molar-refractivity contribution in [2.24, 2.45) is 5.92 Å². The van der Waals surface area contributed by atoms with E-state index >= 15 is 0 Å². The fraction of sp³-hybridized carbons (Fsp3) is 1.00. The summed E-state index contributed by atoms with van der Waals surface area (Å²) in [4.78, 5) is 0. The van der Waals surface area contributed by atoms with Gasteiger partial charge in [0.05, 0.1) is 13.2 Å². The molecule has 0 saturated carbocycles. The molecule has 1 fully saturated rings. The molecule has 0 amide bonds. The molecule has 0 bridgehead atoms. The van der Waals surface area contributed by atoms with Crippen LogP contribution < -0.4 is 0 Å². The van der Waals surface area contributed by atoms with Crippen molar-refractivity contribution in [2.75, 3.05) is 19.8 Å². The maximum Gasteiger partial charge on any atom is 0.0516 e. The molecule has 0 aromatic carbocycles. The Morgan fingerprint density at radius 2 is 1.82 bits per heavy atom. The summed E-state index contributed by atoms with van der Waals surface area (Å²) in [5.41, 5.74) is 0. The van der Waals surface area contributed by atoms with Gasteiger partial charge in [-0.05, 0) is 12.8 Å². The van der Waals surface area contributed by atoms with Gasteiger partial charge in [-0.15, -0.1) is 0 Å². The zero-order valence-corrected chi connectivity index (χ0v) is 7.68. The van der Waals surface area contributed by atoms with Gasteiger partial charge in [0.15, 0.2) is 0 Å². The van der Waals surface area contributed by atoms with E-state index in [1.54, 1.807) is 0 Å². The molecule has 11 heavy (non-hydrogen) atoms. The Morgan fingerprint density at radius 3 is 1.91 bits per heavy atom. The van der Waals surface area contributed by atoms with Gasteiger partial charge in [0.25, 0.3) is 0 Å². The summed E-state index contributed by atoms with van der Waals surface area (Å²) in [7, 11) is 0. The number of hydrogen-bond acceptors (Lipinski definition) is 2. The minimum atomic E-state index is 0.319. The Labute approximate surface area is 69.6 Å². The van der Waals surface area contributed by atoms with E-state index in [0.717, 1.165) is 25.6 Å². The number of ether oxygens (including phenoxy) is 1. The van der Waals surface area contributed by atoms with Gasteiger partial charge in [0, 0.05) is 12.5 Å². The number of rotatable bonds is 3. The Bertz CT molecular complexity index is 68.0. The zero-order chi connectivity index (χ0) is 8.53. The lowest BCUT2D eigenvalue weighted by atomic mass is 10.0. The quantitative estimate of drug-likeness (QED) is 0.682. The summed E-state index contributed by atoms with van der Waals surface area (Å²) < 4.78 is 4.99. The molecule has 0 radical (unpaired) electrons. The molecule has 0 aliphatic carbocycles. The van der Waals surface area contributed by atoms with Crippen molar-refractivity contribution in [1.82, 2.24) is 0 Å². The Balaban J connectivity index is 0.000000218. The number of aliphatic hydroxyl groups excluding tert-OH is 1. The van der Waals surface area contributed by atoms with E-state index in [2.05, 4.69) is 6.92 Å². The molecule has 0 spiro atoms. The van der Waals surface area contributed by atoms with Crippen LogP contribution in [0.1, 0.15) is 33.1 Å². The Kier molecular flexibility index (Phi) is 7.96. The van der Waals surface area contributed by atoms with E-state index in [0.29, 0.717) is 6.61 Å². The van der Waals surface area contributed by atoms with Gasteiger partial charge < -0.3 is 9.84 Å². The highest BCUT2D eigenvalue weighted by Crippen LogP contribution is 2.14. The van der Waals surface area contributed by atoms with Crippen molar-refractivity contribution in [3.05, 3.63) is 0 Å². The van der Waals surface area contributed by atoms with Crippen LogP contribution in [0.2, 0.25) is 0 Å². The van der Waals surface area contributed by atoms with Crippen molar-refractivity contribution < 1.29 is 9.84 Å². The Hall–Kier alpha value is -0.0800. The van der Waals surface area contributed by atoms with Gasteiger partial charge in [0.1, 0.15) is 0 Å². The molecule has 1 aliphatic heterocycles. The first-order valence-electron chi connectivity index (χ1n) is 4.53. The van der Waals surface area contributed by atoms with Gasteiger partial charge in [-0.25, -0.2) is 0 Å². The molecule has 2 heteroatoms. The maximum atomic E-state index is 7.88. The van der Waals surface area contributed by atoms with Gasteiger partial charge in [-0.1, -0.05) is 20.3 Å². The zero-order valence-electron chi connectivity index (χ0n) is 7.68. The second kappa shape index (κ2) is 8.02. The first-order valence-corrected chi connectivity index (χ1v) is 4.53. The molecule has 1 N–H and O–H groups in total. The van der Waals surface area contributed by atoms with Gasteiger partial charge in [-0.2, -0.15) is 0 Å². The lowest BCUT2D eigenvalue weighted by molar-refractivity contribution is -0.0356. The summed E-state index contributed by atoms with van der Waals surface area (Å²) in [5, 5.41) is 7.88. The number of hydrogen-bond donors (Lipinski definition) is 1. The van der Waals surface area contributed by atoms with Crippen LogP contribution in [-0.2, 0) is 4.74 Å². The lowest BCUT2D eigenvalue weighted by Crippen LogP contribution is -2.26.